The molecule has 0 saturated carbocycles. The van der Waals surface area contributed by atoms with Crippen LogP contribution in [0.5, 0.6) is 0 Å². The molecule has 1 aliphatic rings. The van der Waals surface area contributed by atoms with Gasteiger partial charge in [0.05, 0.1) is 5.41 Å². The number of nitrogens with zero attached hydrogens (tertiary/aromatic N) is 2. The Labute approximate surface area is 148 Å². The maximum Gasteiger partial charge on any atom is 0.236 e. The molecule has 5 heteroatoms. The largest absolute Gasteiger partial charge is 0.381 e. The number of aryl methyl sites for hydroxylation is 1. The molecule has 3 rings (SSSR count). The molecule has 5 nitrogen and oxygen atoms in total. The lowest BCUT2D eigenvalue weighted by Gasteiger charge is -2.36. The second kappa shape index (κ2) is 7.31. The molecule has 0 bridgehead atoms. The van der Waals surface area contributed by atoms with Crippen LogP contribution in [0.3, 0.4) is 0 Å². The summed E-state index contributed by atoms with van der Waals surface area (Å²) in [5, 5.41) is 3.04. The maximum atomic E-state index is 13.3. The van der Waals surface area contributed by atoms with Gasteiger partial charge in [-0.15, -0.1) is 0 Å². The fourth-order valence-electron chi connectivity index (χ4n) is 3.27. The predicted molar refractivity (Wildman–Crippen MR) is 97.7 cm³/mol. The van der Waals surface area contributed by atoms with Crippen LogP contribution in [0.4, 0.5) is 5.82 Å². The van der Waals surface area contributed by atoms with Crippen LogP contribution >= 0.6 is 0 Å². The highest BCUT2D eigenvalue weighted by Gasteiger charge is 2.41. The van der Waals surface area contributed by atoms with Gasteiger partial charge in [0.15, 0.2) is 0 Å². The molecule has 0 aliphatic carbocycles. The van der Waals surface area contributed by atoms with Crippen molar-refractivity contribution in [2.45, 2.75) is 44.9 Å². The molecule has 1 aliphatic heterocycles. The van der Waals surface area contributed by atoms with Gasteiger partial charge in [0.2, 0.25) is 5.91 Å². The number of benzene rings is 1. The van der Waals surface area contributed by atoms with E-state index in [1.807, 2.05) is 57.2 Å². The van der Waals surface area contributed by atoms with Crippen LogP contribution in [-0.2, 0) is 14.9 Å². The highest BCUT2D eigenvalue weighted by Crippen LogP contribution is 2.36. The fraction of sp³-hybridized carbons (Fsp3) is 0.450. The monoisotopic (exact) mass is 339 g/mol. The van der Waals surface area contributed by atoms with Gasteiger partial charge in [0.25, 0.3) is 0 Å². The number of carbonyl (C=O) groups excluding carboxylic acids is 1. The second-order valence-corrected chi connectivity index (χ2v) is 6.92. The minimum atomic E-state index is -0.573. The normalized spacial score (nSPS) is 16.6. The third-order valence-electron chi connectivity index (χ3n) is 4.74. The highest BCUT2D eigenvalue weighted by atomic mass is 16.5. The summed E-state index contributed by atoms with van der Waals surface area (Å²) >= 11 is 0. The first-order valence-corrected chi connectivity index (χ1v) is 8.81. The summed E-state index contributed by atoms with van der Waals surface area (Å²) in [6, 6.07) is 11.8. The van der Waals surface area contributed by atoms with Gasteiger partial charge < -0.3 is 10.1 Å². The molecule has 0 radical (unpaired) electrons. The van der Waals surface area contributed by atoms with Crippen molar-refractivity contribution in [3.8, 4) is 0 Å². The van der Waals surface area contributed by atoms with Crippen molar-refractivity contribution in [2.75, 3.05) is 18.5 Å². The smallest absolute Gasteiger partial charge is 0.236 e. The van der Waals surface area contributed by atoms with Gasteiger partial charge in [-0.25, -0.2) is 9.97 Å². The van der Waals surface area contributed by atoms with E-state index in [0.29, 0.717) is 31.9 Å². The van der Waals surface area contributed by atoms with Crippen LogP contribution in [0, 0.1) is 6.92 Å². The zero-order valence-electron chi connectivity index (χ0n) is 15.1. The van der Waals surface area contributed by atoms with E-state index >= 15 is 0 Å². The standard InChI is InChI=1S/C20H25N3O2/c1-14(2)18-21-15(3)13-17(22-18)23-19(24)20(9-11-25-12-10-20)16-7-5-4-6-8-16/h4-8,13-14H,9-12H2,1-3H3,(H,21,22,23,24). The number of hydrogen-bond donors (Lipinski definition) is 1. The average Bonchev–Trinajstić information content (AvgIpc) is 2.62. The van der Waals surface area contributed by atoms with E-state index in [9.17, 15) is 4.79 Å². The third kappa shape index (κ3) is 3.71. The Balaban J connectivity index is 1.92. The van der Waals surface area contributed by atoms with Crippen molar-refractivity contribution >= 4 is 11.7 Å². The van der Waals surface area contributed by atoms with Crippen LogP contribution in [0.1, 0.15) is 49.7 Å². The molecule has 1 aromatic carbocycles. The van der Waals surface area contributed by atoms with Gasteiger partial charge in [0, 0.05) is 30.9 Å². The van der Waals surface area contributed by atoms with Crippen LogP contribution < -0.4 is 5.32 Å². The molecule has 1 amide bonds. The minimum absolute atomic E-state index is 0.0187. The van der Waals surface area contributed by atoms with Crippen molar-refractivity contribution < 1.29 is 9.53 Å². The number of hydrogen-bond acceptors (Lipinski definition) is 4. The number of aromatic nitrogens is 2. The first-order chi connectivity index (χ1) is 12.0. The van der Waals surface area contributed by atoms with E-state index in [1.165, 1.54) is 0 Å². The lowest BCUT2D eigenvalue weighted by molar-refractivity contribution is -0.125. The Morgan fingerprint density at radius 1 is 1.16 bits per heavy atom. The number of anilines is 1. The Hall–Kier alpha value is -2.27. The molecule has 132 valence electrons. The summed E-state index contributed by atoms with van der Waals surface area (Å²) in [7, 11) is 0. The van der Waals surface area contributed by atoms with Gasteiger partial charge in [-0.3, -0.25) is 4.79 Å². The van der Waals surface area contributed by atoms with Crippen LogP contribution in [-0.4, -0.2) is 29.1 Å². The van der Waals surface area contributed by atoms with E-state index in [4.69, 9.17) is 4.74 Å². The first kappa shape index (κ1) is 17.5. The lowest BCUT2D eigenvalue weighted by Crippen LogP contribution is -2.45. The van der Waals surface area contributed by atoms with E-state index in [0.717, 1.165) is 17.1 Å². The topological polar surface area (TPSA) is 64.1 Å². The molecule has 0 unspecified atom stereocenters. The molecule has 2 heterocycles. The fourth-order valence-corrected chi connectivity index (χ4v) is 3.27. The van der Waals surface area contributed by atoms with Crippen molar-refractivity contribution in [2.24, 2.45) is 0 Å². The molecule has 1 N–H and O–H groups in total. The molecular formula is C20H25N3O2. The van der Waals surface area contributed by atoms with Gasteiger partial charge in [0.1, 0.15) is 11.6 Å². The average molecular weight is 339 g/mol. The Kier molecular flexibility index (Phi) is 5.13. The summed E-state index contributed by atoms with van der Waals surface area (Å²) < 4.78 is 5.51. The molecule has 0 spiro atoms. The number of nitrogens with one attached hydrogen (secondary N) is 1. The summed E-state index contributed by atoms with van der Waals surface area (Å²) in [6.07, 6.45) is 1.34. The summed E-state index contributed by atoms with van der Waals surface area (Å²) in [4.78, 5) is 22.2. The minimum Gasteiger partial charge on any atom is -0.381 e. The number of rotatable bonds is 4. The zero-order chi connectivity index (χ0) is 17.9. The zero-order valence-corrected chi connectivity index (χ0v) is 15.1. The van der Waals surface area contributed by atoms with Gasteiger partial charge >= 0.3 is 0 Å². The Morgan fingerprint density at radius 2 is 1.84 bits per heavy atom. The van der Waals surface area contributed by atoms with Crippen LogP contribution in [0.25, 0.3) is 0 Å². The van der Waals surface area contributed by atoms with Gasteiger partial charge in [-0.05, 0) is 25.3 Å². The third-order valence-corrected chi connectivity index (χ3v) is 4.74. The second-order valence-electron chi connectivity index (χ2n) is 6.92. The molecule has 1 aromatic heterocycles. The highest BCUT2D eigenvalue weighted by molar-refractivity contribution is 5.98. The molecular weight excluding hydrogens is 314 g/mol. The molecule has 25 heavy (non-hydrogen) atoms. The summed E-state index contributed by atoms with van der Waals surface area (Å²) in [5.74, 6) is 1.51. The maximum absolute atomic E-state index is 13.3. The summed E-state index contributed by atoms with van der Waals surface area (Å²) in [6.45, 7) is 7.18. The molecule has 0 atom stereocenters. The Bertz CT molecular complexity index is 738. The number of ether oxygens (including phenoxy) is 1. The molecule has 1 fully saturated rings. The van der Waals surface area contributed by atoms with Crippen molar-refractivity contribution in [1.29, 1.82) is 0 Å². The van der Waals surface area contributed by atoms with Crippen LogP contribution in [0.15, 0.2) is 36.4 Å². The SMILES string of the molecule is Cc1cc(NC(=O)C2(c3ccccc3)CCOCC2)nc(C(C)C)n1. The number of carbonyl (C=O) groups is 1. The van der Waals surface area contributed by atoms with E-state index in [2.05, 4.69) is 15.3 Å². The van der Waals surface area contributed by atoms with Crippen molar-refractivity contribution in [3.05, 3.63) is 53.5 Å². The molecule has 1 saturated heterocycles. The first-order valence-electron chi connectivity index (χ1n) is 8.81. The van der Waals surface area contributed by atoms with Crippen molar-refractivity contribution in [3.63, 3.8) is 0 Å². The summed E-state index contributed by atoms with van der Waals surface area (Å²) in [5.41, 5.74) is 1.32. The Morgan fingerprint density at radius 3 is 2.48 bits per heavy atom. The lowest BCUT2D eigenvalue weighted by atomic mass is 9.73. The predicted octanol–water partition coefficient (Wildman–Crippen LogP) is 3.60. The van der Waals surface area contributed by atoms with E-state index < -0.39 is 5.41 Å². The van der Waals surface area contributed by atoms with Crippen molar-refractivity contribution in [1.82, 2.24) is 9.97 Å². The number of amides is 1. The van der Waals surface area contributed by atoms with E-state index in [1.54, 1.807) is 0 Å². The quantitative estimate of drug-likeness (QED) is 0.924. The van der Waals surface area contributed by atoms with Gasteiger partial charge in [-0.2, -0.15) is 0 Å². The van der Waals surface area contributed by atoms with E-state index in [-0.39, 0.29) is 11.8 Å². The van der Waals surface area contributed by atoms with Gasteiger partial charge in [-0.1, -0.05) is 44.2 Å². The molecule has 2 aromatic rings. The van der Waals surface area contributed by atoms with Crippen LogP contribution in [0.2, 0.25) is 0 Å².